The summed E-state index contributed by atoms with van der Waals surface area (Å²) in [5, 5.41) is 39.3. The van der Waals surface area contributed by atoms with Gasteiger partial charge in [-0.25, -0.2) is 4.79 Å². The highest BCUT2D eigenvalue weighted by molar-refractivity contribution is 6.02. The van der Waals surface area contributed by atoms with Gasteiger partial charge in [0.05, 0.1) is 12.0 Å². The number of ketones is 1. The van der Waals surface area contributed by atoms with Crippen LogP contribution in [0, 0.1) is 5.41 Å². The molecule has 164 valence electrons. The molecular weight excluding hydrogens is 396 g/mol. The number of hydrogen-bond acceptors (Lipinski definition) is 9. The third kappa shape index (κ3) is 3.86. The number of ether oxygens (including phenoxy) is 3. The van der Waals surface area contributed by atoms with Crippen molar-refractivity contribution in [3.05, 3.63) is 46.5 Å². The van der Waals surface area contributed by atoms with Crippen molar-refractivity contribution in [2.45, 2.75) is 58.4 Å². The normalized spacial score (nSPS) is 35.3. The van der Waals surface area contributed by atoms with Crippen LogP contribution in [0.5, 0.6) is 0 Å². The number of rotatable bonds is 4. The van der Waals surface area contributed by atoms with Crippen LogP contribution in [0.4, 0.5) is 0 Å². The number of hydrogen-bond donors (Lipinski definition) is 4. The van der Waals surface area contributed by atoms with Crippen molar-refractivity contribution in [3.8, 4) is 0 Å². The molecule has 0 aromatic heterocycles. The van der Waals surface area contributed by atoms with Crippen LogP contribution in [0.15, 0.2) is 46.5 Å². The average Bonchev–Trinajstić information content (AvgIpc) is 3.00. The fourth-order valence-electron chi connectivity index (χ4n) is 3.68. The summed E-state index contributed by atoms with van der Waals surface area (Å²) in [5.74, 6) is -0.622. The molecule has 1 saturated heterocycles. The zero-order valence-corrected chi connectivity index (χ0v) is 17.2. The molecule has 3 aliphatic rings. The van der Waals surface area contributed by atoms with Crippen LogP contribution in [0.3, 0.4) is 0 Å². The first-order valence-electron chi connectivity index (χ1n) is 9.54. The fourth-order valence-corrected chi connectivity index (χ4v) is 3.68. The Morgan fingerprint density at radius 1 is 1.10 bits per heavy atom. The summed E-state index contributed by atoms with van der Waals surface area (Å²) < 4.78 is 16.1. The molecule has 0 bridgehead atoms. The maximum Gasteiger partial charge on any atom is 0.336 e. The quantitative estimate of drug-likeness (QED) is 0.460. The third-order valence-electron chi connectivity index (χ3n) is 5.54. The van der Waals surface area contributed by atoms with E-state index in [0.717, 1.165) is 0 Å². The molecule has 3 rings (SSSR count). The molecule has 0 unspecified atom stereocenters. The number of Topliss-reactive ketones (excluding diaryl/α,β-unsaturated/α-hetero) is 1. The van der Waals surface area contributed by atoms with E-state index in [1.807, 2.05) is 0 Å². The maximum atomic E-state index is 13.1. The Balaban J connectivity index is 1.91. The van der Waals surface area contributed by atoms with Crippen LogP contribution in [-0.4, -0.2) is 69.5 Å². The van der Waals surface area contributed by atoms with Crippen molar-refractivity contribution in [2.24, 2.45) is 5.41 Å². The van der Waals surface area contributed by atoms with Crippen LogP contribution in [0.25, 0.3) is 0 Å². The molecule has 1 fully saturated rings. The number of carbonyl (C=O) groups excluding carboxylic acids is 2. The van der Waals surface area contributed by atoms with Crippen molar-refractivity contribution in [1.82, 2.24) is 0 Å². The van der Waals surface area contributed by atoms with Crippen molar-refractivity contribution in [3.63, 3.8) is 0 Å². The highest BCUT2D eigenvalue weighted by Gasteiger charge is 2.47. The minimum atomic E-state index is -1.63. The monoisotopic (exact) mass is 422 g/mol. The summed E-state index contributed by atoms with van der Waals surface area (Å²) in [4.78, 5) is 24.6. The Morgan fingerprint density at radius 3 is 2.33 bits per heavy atom. The van der Waals surface area contributed by atoms with E-state index >= 15 is 0 Å². The SMILES string of the molecule is CC1=CC(=O)O/C1=C/C1=C(C)C=C(O[C@@H]2O[C@H](CO)[C@@H](O)[C@H](O)[C@H]2O)C(=O)C1(C)C. The van der Waals surface area contributed by atoms with Gasteiger partial charge in [0.15, 0.2) is 5.76 Å². The predicted molar refractivity (Wildman–Crippen MR) is 102 cm³/mol. The standard InChI is InChI=1S/C21H26O9/c1-9-5-13(29-20-18(26)17(25)16(24)14(8-22)30-20)19(27)21(3,4)11(9)7-12-10(2)6-15(23)28-12/h5-7,14,16-18,20,22,24-26H,8H2,1-4H3/b12-7+/t14-,16-,17+,18-,20-/m1/s1. The molecule has 5 atom stereocenters. The first-order valence-corrected chi connectivity index (χ1v) is 9.54. The van der Waals surface area contributed by atoms with E-state index in [2.05, 4.69) is 0 Å². The van der Waals surface area contributed by atoms with Crippen LogP contribution in [-0.2, 0) is 23.8 Å². The smallest absolute Gasteiger partial charge is 0.336 e. The minimum Gasteiger partial charge on any atom is -0.458 e. The molecule has 2 heterocycles. The summed E-state index contributed by atoms with van der Waals surface area (Å²) in [5.41, 5.74) is 0.898. The molecular formula is C21H26O9. The molecule has 0 saturated carbocycles. The van der Waals surface area contributed by atoms with Crippen molar-refractivity contribution >= 4 is 11.8 Å². The van der Waals surface area contributed by atoms with Gasteiger partial charge in [-0.2, -0.15) is 0 Å². The van der Waals surface area contributed by atoms with Gasteiger partial charge in [0.1, 0.15) is 30.2 Å². The van der Waals surface area contributed by atoms with Crippen LogP contribution < -0.4 is 0 Å². The second-order valence-corrected chi connectivity index (χ2v) is 8.13. The molecule has 0 aromatic carbocycles. The van der Waals surface area contributed by atoms with Gasteiger partial charge in [0.25, 0.3) is 0 Å². The largest absolute Gasteiger partial charge is 0.458 e. The summed E-state index contributed by atoms with van der Waals surface area (Å²) in [6.07, 6.45) is -2.90. The Bertz CT molecular complexity index is 875. The Kier molecular flexibility index (Phi) is 6.03. The molecule has 2 aliphatic heterocycles. The van der Waals surface area contributed by atoms with Gasteiger partial charge in [-0.05, 0) is 56.6 Å². The van der Waals surface area contributed by atoms with Gasteiger partial charge >= 0.3 is 5.97 Å². The van der Waals surface area contributed by atoms with Gasteiger partial charge < -0.3 is 34.6 Å². The second-order valence-electron chi connectivity index (χ2n) is 8.13. The summed E-state index contributed by atoms with van der Waals surface area (Å²) >= 11 is 0. The Morgan fingerprint density at radius 2 is 1.77 bits per heavy atom. The van der Waals surface area contributed by atoms with Gasteiger partial charge in [-0.15, -0.1) is 0 Å². The van der Waals surface area contributed by atoms with E-state index in [1.54, 1.807) is 33.8 Å². The molecule has 9 heteroatoms. The number of allylic oxidation sites excluding steroid dienone is 6. The van der Waals surface area contributed by atoms with Crippen LogP contribution >= 0.6 is 0 Å². The molecule has 30 heavy (non-hydrogen) atoms. The summed E-state index contributed by atoms with van der Waals surface area (Å²) in [7, 11) is 0. The van der Waals surface area contributed by atoms with E-state index in [9.17, 15) is 30.0 Å². The number of aliphatic hydroxyl groups excluding tert-OH is 4. The lowest BCUT2D eigenvalue weighted by Crippen LogP contribution is -2.59. The van der Waals surface area contributed by atoms with Crippen LogP contribution in [0.1, 0.15) is 27.7 Å². The Labute approximate surface area is 173 Å². The lowest BCUT2D eigenvalue weighted by atomic mass is 9.73. The zero-order valence-electron chi connectivity index (χ0n) is 17.2. The third-order valence-corrected chi connectivity index (χ3v) is 5.54. The highest BCUT2D eigenvalue weighted by atomic mass is 16.7. The van der Waals surface area contributed by atoms with Crippen molar-refractivity contribution < 1.29 is 44.2 Å². The molecule has 0 radical (unpaired) electrons. The van der Waals surface area contributed by atoms with E-state index < -0.39 is 54.5 Å². The summed E-state index contributed by atoms with van der Waals surface area (Å²) in [6, 6.07) is 0. The number of aliphatic hydroxyl groups is 4. The van der Waals surface area contributed by atoms with Gasteiger partial charge in [-0.3, -0.25) is 4.79 Å². The van der Waals surface area contributed by atoms with E-state index in [4.69, 9.17) is 14.2 Å². The van der Waals surface area contributed by atoms with Crippen LogP contribution in [0.2, 0.25) is 0 Å². The zero-order chi connectivity index (χ0) is 22.4. The predicted octanol–water partition coefficient (Wildman–Crippen LogP) is -0.000800. The summed E-state index contributed by atoms with van der Waals surface area (Å²) in [6.45, 7) is 6.25. The number of carbonyl (C=O) groups is 2. The first kappa shape index (κ1) is 22.4. The Hall–Kier alpha value is -2.30. The number of cyclic esters (lactones) is 1. The minimum absolute atomic E-state index is 0.0975. The maximum absolute atomic E-state index is 13.1. The molecule has 0 amide bonds. The van der Waals surface area contributed by atoms with E-state index in [0.29, 0.717) is 22.5 Å². The second kappa shape index (κ2) is 8.09. The lowest BCUT2D eigenvalue weighted by Gasteiger charge is -2.40. The van der Waals surface area contributed by atoms with Gasteiger partial charge in [0, 0.05) is 6.08 Å². The van der Waals surface area contributed by atoms with Crippen molar-refractivity contribution in [1.29, 1.82) is 0 Å². The topological polar surface area (TPSA) is 143 Å². The average molecular weight is 422 g/mol. The molecule has 4 N–H and O–H groups in total. The highest BCUT2D eigenvalue weighted by Crippen LogP contribution is 2.40. The van der Waals surface area contributed by atoms with Crippen molar-refractivity contribution in [2.75, 3.05) is 6.61 Å². The van der Waals surface area contributed by atoms with Gasteiger partial charge in [0.2, 0.25) is 12.1 Å². The van der Waals surface area contributed by atoms with E-state index in [-0.39, 0.29) is 5.76 Å². The fraction of sp³-hybridized carbons (Fsp3) is 0.524. The first-order chi connectivity index (χ1) is 14.0. The molecule has 1 aliphatic carbocycles. The molecule has 9 nitrogen and oxygen atoms in total. The van der Waals surface area contributed by atoms with Gasteiger partial charge in [-0.1, -0.05) is 0 Å². The lowest BCUT2D eigenvalue weighted by molar-refractivity contribution is -0.291. The molecule has 0 spiro atoms. The van der Waals surface area contributed by atoms with E-state index in [1.165, 1.54) is 12.2 Å². The number of esters is 1. The molecule has 0 aromatic rings.